The van der Waals surface area contributed by atoms with Gasteiger partial charge in [0.2, 0.25) is 11.8 Å². The molecule has 1 aromatic rings. The van der Waals surface area contributed by atoms with Gasteiger partial charge < -0.3 is 10.6 Å². The zero-order valence-electron chi connectivity index (χ0n) is 9.12. The number of rotatable bonds is 5. The van der Waals surface area contributed by atoms with Crippen LogP contribution < -0.4 is 10.6 Å². The summed E-state index contributed by atoms with van der Waals surface area (Å²) in [6.07, 6.45) is 4.07. The van der Waals surface area contributed by atoms with E-state index in [1.807, 2.05) is 0 Å². The Kier molecular flexibility index (Phi) is 4.98. The summed E-state index contributed by atoms with van der Waals surface area (Å²) in [7, 11) is 0. The number of anilines is 1. The van der Waals surface area contributed by atoms with Crippen LogP contribution >= 0.6 is 0 Å². The maximum atomic E-state index is 11.4. The normalized spacial score (nSPS) is 9.56. The summed E-state index contributed by atoms with van der Waals surface area (Å²) < 4.78 is 0. The molecule has 16 heavy (non-hydrogen) atoms. The molecule has 0 spiro atoms. The van der Waals surface area contributed by atoms with Gasteiger partial charge in [0.15, 0.2) is 0 Å². The Morgan fingerprint density at radius 2 is 2.31 bits per heavy atom. The van der Waals surface area contributed by atoms with Crippen molar-refractivity contribution in [1.29, 1.82) is 0 Å². The molecular formula is C11H14N3O2. The van der Waals surface area contributed by atoms with E-state index in [9.17, 15) is 9.59 Å². The number of hydrogen-bond acceptors (Lipinski definition) is 3. The molecule has 0 unspecified atom stereocenters. The summed E-state index contributed by atoms with van der Waals surface area (Å²) in [5.74, 6) is -0.172. The Morgan fingerprint density at radius 3 is 2.94 bits per heavy atom. The smallest absolute Gasteiger partial charge is 0.224 e. The van der Waals surface area contributed by atoms with Gasteiger partial charge in [-0.3, -0.25) is 14.6 Å². The largest absolute Gasteiger partial charge is 0.356 e. The van der Waals surface area contributed by atoms with E-state index in [1.165, 1.54) is 13.1 Å². The molecule has 2 N–H and O–H groups in total. The van der Waals surface area contributed by atoms with E-state index in [1.54, 1.807) is 12.3 Å². The molecule has 1 rings (SSSR count). The number of pyridine rings is 1. The van der Waals surface area contributed by atoms with Crippen LogP contribution in [-0.2, 0) is 9.59 Å². The molecule has 0 saturated carbocycles. The van der Waals surface area contributed by atoms with E-state index in [0.717, 1.165) is 0 Å². The highest BCUT2D eigenvalue weighted by Gasteiger charge is 2.01. The quantitative estimate of drug-likeness (QED) is 0.719. The molecule has 5 heteroatoms. The highest BCUT2D eigenvalue weighted by molar-refractivity contribution is 5.90. The molecule has 0 aliphatic rings. The third-order valence-corrected chi connectivity index (χ3v) is 1.84. The van der Waals surface area contributed by atoms with Gasteiger partial charge in [0.25, 0.3) is 0 Å². The van der Waals surface area contributed by atoms with Crippen molar-refractivity contribution in [2.24, 2.45) is 0 Å². The first kappa shape index (κ1) is 12.2. The van der Waals surface area contributed by atoms with E-state index in [-0.39, 0.29) is 11.8 Å². The number of aromatic nitrogens is 1. The number of hydrogen-bond donors (Lipinski definition) is 2. The van der Waals surface area contributed by atoms with Crippen molar-refractivity contribution in [3.8, 4) is 0 Å². The molecule has 0 bridgehead atoms. The van der Waals surface area contributed by atoms with Crippen LogP contribution in [0, 0.1) is 6.07 Å². The van der Waals surface area contributed by atoms with Crippen molar-refractivity contribution >= 4 is 17.5 Å². The topological polar surface area (TPSA) is 71.1 Å². The van der Waals surface area contributed by atoms with E-state index in [2.05, 4.69) is 21.7 Å². The number of carbonyl (C=O) groups excluding carboxylic acids is 2. The Labute approximate surface area is 94.3 Å². The van der Waals surface area contributed by atoms with Crippen molar-refractivity contribution in [3.63, 3.8) is 0 Å². The zero-order valence-corrected chi connectivity index (χ0v) is 9.12. The number of amides is 2. The van der Waals surface area contributed by atoms with Crippen molar-refractivity contribution in [2.45, 2.75) is 19.8 Å². The molecule has 2 amide bonds. The van der Waals surface area contributed by atoms with Crippen LogP contribution in [0.3, 0.4) is 0 Å². The molecule has 1 radical (unpaired) electrons. The predicted octanol–water partition coefficient (Wildman–Crippen LogP) is 0.737. The fourth-order valence-electron chi connectivity index (χ4n) is 1.13. The van der Waals surface area contributed by atoms with Crippen LogP contribution in [0.5, 0.6) is 0 Å². The third-order valence-electron chi connectivity index (χ3n) is 1.84. The van der Waals surface area contributed by atoms with Crippen LogP contribution in [0.25, 0.3) is 0 Å². The first-order valence-corrected chi connectivity index (χ1v) is 5.04. The second kappa shape index (κ2) is 6.55. The predicted molar refractivity (Wildman–Crippen MR) is 59.6 cm³/mol. The fourth-order valence-corrected chi connectivity index (χ4v) is 1.13. The van der Waals surface area contributed by atoms with E-state index < -0.39 is 0 Å². The Morgan fingerprint density at radius 1 is 1.50 bits per heavy atom. The summed E-state index contributed by atoms with van der Waals surface area (Å²) in [6.45, 7) is 1.97. The van der Waals surface area contributed by atoms with Crippen molar-refractivity contribution in [2.75, 3.05) is 11.9 Å². The number of nitrogens with one attached hydrogen (secondary N) is 2. The third kappa shape index (κ3) is 5.09. The highest BCUT2D eigenvalue weighted by atomic mass is 16.2. The fraction of sp³-hybridized carbons (Fsp3) is 0.364. The maximum absolute atomic E-state index is 11.4. The van der Waals surface area contributed by atoms with Gasteiger partial charge in [0, 0.05) is 32.2 Å². The lowest BCUT2D eigenvalue weighted by Gasteiger charge is -2.04. The van der Waals surface area contributed by atoms with Gasteiger partial charge in [-0.25, -0.2) is 0 Å². The molecule has 0 atom stereocenters. The lowest BCUT2D eigenvalue weighted by molar-refractivity contribution is -0.119. The zero-order chi connectivity index (χ0) is 11.8. The molecule has 1 aromatic heterocycles. The molecule has 0 saturated heterocycles. The van der Waals surface area contributed by atoms with Gasteiger partial charge in [-0.05, 0) is 12.5 Å². The minimum absolute atomic E-state index is 0.0812. The van der Waals surface area contributed by atoms with Gasteiger partial charge in [-0.2, -0.15) is 0 Å². The second-order valence-corrected chi connectivity index (χ2v) is 3.31. The van der Waals surface area contributed by atoms with E-state index in [0.29, 0.717) is 25.1 Å². The second-order valence-electron chi connectivity index (χ2n) is 3.31. The summed E-state index contributed by atoms with van der Waals surface area (Å²) >= 11 is 0. The van der Waals surface area contributed by atoms with E-state index >= 15 is 0 Å². The molecule has 0 aliphatic carbocycles. The lowest BCUT2D eigenvalue weighted by Crippen LogP contribution is -2.22. The average molecular weight is 220 g/mol. The lowest BCUT2D eigenvalue weighted by atomic mass is 10.3. The standard InChI is InChI=1S/C11H14N3O2/c1-9(15)13-7-3-5-11(16)14-10-4-2-6-12-8-10/h4,6,8H,3,5,7H2,1H3,(H,13,15)(H,14,16). The summed E-state index contributed by atoms with van der Waals surface area (Å²) in [5.41, 5.74) is 0.632. The SMILES string of the molecule is CC(=O)NCCCC(=O)Nc1c[c]cnc1. The Hall–Kier alpha value is -1.91. The van der Waals surface area contributed by atoms with E-state index in [4.69, 9.17) is 0 Å². The molecule has 85 valence electrons. The maximum Gasteiger partial charge on any atom is 0.224 e. The van der Waals surface area contributed by atoms with Crippen LogP contribution in [0.1, 0.15) is 19.8 Å². The molecule has 1 heterocycles. The first-order valence-electron chi connectivity index (χ1n) is 5.04. The van der Waals surface area contributed by atoms with Gasteiger partial charge in [-0.1, -0.05) is 0 Å². The molecule has 0 aromatic carbocycles. The van der Waals surface area contributed by atoms with Gasteiger partial charge in [0.1, 0.15) is 0 Å². The van der Waals surface area contributed by atoms with Crippen LogP contribution in [0.15, 0.2) is 18.5 Å². The molecular weight excluding hydrogens is 206 g/mol. The van der Waals surface area contributed by atoms with Crippen LogP contribution in [-0.4, -0.2) is 23.3 Å². The Balaban J connectivity index is 2.19. The number of carbonyl (C=O) groups is 2. The number of nitrogens with zero attached hydrogens (tertiary/aromatic N) is 1. The molecule has 0 aliphatic heterocycles. The van der Waals surface area contributed by atoms with Crippen molar-refractivity contribution < 1.29 is 9.59 Å². The van der Waals surface area contributed by atoms with Crippen molar-refractivity contribution in [3.05, 3.63) is 24.5 Å². The Bertz CT molecular complexity index is 352. The minimum atomic E-state index is -0.0910. The molecule has 5 nitrogen and oxygen atoms in total. The minimum Gasteiger partial charge on any atom is -0.356 e. The van der Waals surface area contributed by atoms with Crippen molar-refractivity contribution in [1.82, 2.24) is 10.3 Å². The van der Waals surface area contributed by atoms with Gasteiger partial charge >= 0.3 is 0 Å². The average Bonchev–Trinajstić information content (AvgIpc) is 2.25. The van der Waals surface area contributed by atoms with Gasteiger partial charge in [0.05, 0.1) is 11.9 Å². The molecule has 0 fully saturated rings. The van der Waals surface area contributed by atoms with Crippen LogP contribution in [0.2, 0.25) is 0 Å². The monoisotopic (exact) mass is 220 g/mol. The summed E-state index contributed by atoms with van der Waals surface area (Å²) in [5, 5.41) is 5.31. The summed E-state index contributed by atoms with van der Waals surface area (Å²) in [4.78, 5) is 25.8. The van der Waals surface area contributed by atoms with Gasteiger partial charge in [-0.15, -0.1) is 0 Å². The first-order chi connectivity index (χ1) is 7.68. The highest BCUT2D eigenvalue weighted by Crippen LogP contribution is 2.03. The summed E-state index contributed by atoms with van der Waals surface area (Å²) in [6, 6.07) is 4.42. The van der Waals surface area contributed by atoms with Crippen LogP contribution in [0.4, 0.5) is 5.69 Å².